The van der Waals surface area contributed by atoms with Crippen LogP contribution in [0.5, 0.6) is 11.5 Å². The Kier molecular flexibility index (Phi) is 9.51. The number of aliphatic hydroxyl groups is 1. The van der Waals surface area contributed by atoms with Crippen LogP contribution in [0.4, 0.5) is 0 Å². The van der Waals surface area contributed by atoms with Gasteiger partial charge in [0.05, 0.1) is 7.11 Å². The first-order valence-corrected chi connectivity index (χ1v) is 10.6. The highest BCUT2D eigenvalue weighted by atomic mass is 16.5. The lowest BCUT2D eigenvalue weighted by Crippen LogP contribution is -2.45. The second kappa shape index (κ2) is 11.6. The van der Waals surface area contributed by atoms with Crippen LogP contribution in [0.25, 0.3) is 0 Å². The molecule has 0 radical (unpaired) electrons. The van der Waals surface area contributed by atoms with E-state index in [2.05, 4.69) is 47.6 Å². The van der Waals surface area contributed by atoms with Gasteiger partial charge in [-0.25, -0.2) is 0 Å². The number of hydrogen-bond donors (Lipinski definition) is 1. The van der Waals surface area contributed by atoms with Gasteiger partial charge in [0.2, 0.25) is 0 Å². The van der Waals surface area contributed by atoms with Crippen molar-refractivity contribution in [1.82, 2.24) is 14.7 Å². The molecule has 1 N–H and O–H groups in total. The van der Waals surface area contributed by atoms with Crippen LogP contribution in [0.1, 0.15) is 32.8 Å². The largest absolute Gasteiger partial charge is 0.493 e. The number of aliphatic hydroxyl groups excluding tert-OH is 1. The Bertz CT molecular complexity index is 574. The van der Waals surface area contributed by atoms with E-state index in [1.165, 1.54) is 18.5 Å². The molecule has 0 aromatic heterocycles. The summed E-state index contributed by atoms with van der Waals surface area (Å²) in [5.74, 6) is 1.41. The minimum absolute atomic E-state index is 0.256. The molecule has 6 nitrogen and oxygen atoms in total. The molecule has 1 heterocycles. The lowest BCUT2D eigenvalue weighted by atomic mass is 10.1. The molecule has 2 rings (SSSR count). The minimum Gasteiger partial charge on any atom is -0.493 e. The van der Waals surface area contributed by atoms with Gasteiger partial charge in [0, 0.05) is 45.3 Å². The van der Waals surface area contributed by atoms with Crippen LogP contribution in [-0.2, 0) is 6.54 Å². The smallest absolute Gasteiger partial charge is 0.161 e. The topological polar surface area (TPSA) is 48.4 Å². The monoisotopic (exact) mass is 393 g/mol. The van der Waals surface area contributed by atoms with Crippen molar-refractivity contribution in [2.45, 2.75) is 45.9 Å². The quantitative estimate of drug-likeness (QED) is 0.623. The second-order valence-electron chi connectivity index (χ2n) is 8.10. The van der Waals surface area contributed by atoms with Gasteiger partial charge in [-0.15, -0.1) is 0 Å². The Hall–Kier alpha value is -1.34. The second-order valence-corrected chi connectivity index (χ2v) is 8.10. The average Bonchev–Trinajstić information content (AvgIpc) is 2.68. The third kappa shape index (κ3) is 7.24. The first kappa shape index (κ1) is 22.9. The van der Waals surface area contributed by atoms with E-state index < -0.39 is 6.10 Å². The number of hydrogen-bond acceptors (Lipinski definition) is 6. The molecule has 28 heavy (non-hydrogen) atoms. The van der Waals surface area contributed by atoms with Gasteiger partial charge in [-0.1, -0.05) is 13.0 Å². The van der Waals surface area contributed by atoms with Gasteiger partial charge in [-0.3, -0.25) is 4.90 Å². The highest BCUT2D eigenvalue weighted by molar-refractivity contribution is 5.43. The standard InChI is InChI=1S/C22H39N3O3/c1-6-9-24-10-12-25(13-11-24)15-19-7-8-21(22(14-19)27-5)28-17-20(26)16-23(4)18(2)3/h7-8,14,18,20,26H,6,9-13,15-17H2,1-5H3. The Morgan fingerprint density at radius 3 is 2.39 bits per heavy atom. The van der Waals surface area contributed by atoms with E-state index in [9.17, 15) is 5.11 Å². The summed E-state index contributed by atoms with van der Waals surface area (Å²) in [6.07, 6.45) is 0.692. The van der Waals surface area contributed by atoms with Crippen LogP contribution in [0.2, 0.25) is 0 Å². The van der Waals surface area contributed by atoms with E-state index in [0.29, 0.717) is 18.3 Å². The van der Waals surface area contributed by atoms with Crippen LogP contribution in [-0.4, -0.2) is 92.0 Å². The molecule has 1 aliphatic rings. The first-order valence-electron chi connectivity index (χ1n) is 10.6. The fourth-order valence-corrected chi connectivity index (χ4v) is 3.46. The fraction of sp³-hybridized carbons (Fsp3) is 0.727. The van der Waals surface area contributed by atoms with E-state index in [4.69, 9.17) is 9.47 Å². The van der Waals surface area contributed by atoms with Gasteiger partial charge in [-0.2, -0.15) is 0 Å². The summed E-state index contributed by atoms with van der Waals surface area (Å²) in [5, 5.41) is 10.2. The molecule has 1 unspecified atom stereocenters. The lowest BCUT2D eigenvalue weighted by molar-refractivity contribution is 0.0668. The fourth-order valence-electron chi connectivity index (χ4n) is 3.46. The Morgan fingerprint density at radius 2 is 1.79 bits per heavy atom. The molecule has 1 saturated heterocycles. The zero-order valence-electron chi connectivity index (χ0n) is 18.4. The van der Waals surface area contributed by atoms with Crippen molar-refractivity contribution in [2.24, 2.45) is 0 Å². The number of piperazine rings is 1. The molecule has 0 amide bonds. The summed E-state index contributed by atoms with van der Waals surface area (Å²) in [7, 11) is 3.67. The summed E-state index contributed by atoms with van der Waals surface area (Å²) < 4.78 is 11.4. The third-order valence-electron chi connectivity index (χ3n) is 5.45. The van der Waals surface area contributed by atoms with E-state index in [-0.39, 0.29) is 6.61 Å². The van der Waals surface area contributed by atoms with Crippen molar-refractivity contribution in [3.63, 3.8) is 0 Å². The van der Waals surface area contributed by atoms with E-state index in [0.717, 1.165) is 38.5 Å². The molecular weight excluding hydrogens is 354 g/mol. The Labute approximate surface area is 171 Å². The van der Waals surface area contributed by atoms with Crippen LogP contribution < -0.4 is 9.47 Å². The molecule has 160 valence electrons. The number of nitrogens with zero attached hydrogens (tertiary/aromatic N) is 3. The summed E-state index contributed by atoms with van der Waals surface area (Å²) in [5.41, 5.74) is 1.23. The maximum atomic E-state index is 10.2. The Morgan fingerprint density at radius 1 is 1.11 bits per heavy atom. The lowest BCUT2D eigenvalue weighted by Gasteiger charge is -2.34. The maximum Gasteiger partial charge on any atom is 0.161 e. The predicted octanol–water partition coefficient (Wildman–Crippen LogP) is 2.30. The van der Waals surface area contributed by atoms with Crippen LogP contribution >= 0.6 is 0 Å². The summed E-state index contributed by atoms with van der Waals surface area (Å²) in [6.45, 7) is 13.9. The molecule has 0 saturated carbocycles. The van der Waals surface area contributed by atoms with Gasteiger partial charge in [0.25, 0.3) is 0 Å². The number of methoxy groups -OCH3 is 1. The molecule has 1 aromatic carbocycles. The van der Waals surface area contributed by atoms with Crippen molar-refractivity contribution in [3.05, 3.63) is 23.8 Å². The molecular formula is C22H39N3O3. The van der Waals surface area contributed by atoms with Crippen molar-refractivity contribution < 1.29 is 14.6 Å². The molecule has 0 aliphatic carbocycles. The third-order valence-corrected chi connectivity index (χ3v) is 5.45. The molecule has 0 bridgehead atoms. The highest BCUT2D eigenvalue weighted by Crippen LogP contribution is 2.29. The zero-order valence-corrected chi connectivity index (χ0v) is 18.4. The van der Waals surface area contributed by atoms with Crippen molar-refractivity contribution in [1.29, 1.82) is 0 Å². The molecule has 0 spiro atoms. The minimum atomic E-state index is -0.531. The van der Waals surface area contributed by atoms with Crippen LogP contribution in [0.15, 0.2) is 18.2 Å². The normalized spacial score (nSPS) is 17.3. The average molecular weight is 394 g/mol. The van der Waals surface area contributed by atoms with E-state index in [1.807, 2.05) is 13.1 Å². The highest BCUT2D eigenvalue weighted by Gasteiger charge is 2.17. The number of ether oxygens (including phenoxy) is 2. The van der Waals surface area contributed by atoms with Gasteiger partial charge >= 0.3 is 0 Å². The zero-order chi connectivity index (χ0) is 20.5. The van der Waals surface area contributed by atoms with Gasteiger partial charge < -0.3 is 24.4 Å². The van der Waals surface area contributed by atoms with Gasteiger partial charge in [0.1, 0.15) is 12.7 Å². The summed E-state index contributed by atoms with van der Waals surface area (Å²) >= 11 is 0. The van der Waals surface area contributed by atoms with Crippen molar-refractivity contribution >= 4 is 0 Å². The molecule has 1 fully saturated rings. The van der Waals surface area contributed by atoms with Crippen LogP contribution in [0.3, 0.4) is 0 Å². The van der Waals surface area contributed by atoms with Crippen LogP contribution in [0, 0.1) is 0 Å². The van der Waals surface area contributed by atoms with Crippen molar-refractivity contribution in [3.8, 4) is 11.5 Å². The van der Waals surface area contributed by atoms with Gasteiger partial charge in [0.15, 0.2) is 11.5 Å². The first-order chi connectivity index (χ1) is 13.4. The SMILES string of the molecule is CCCN1CCN(Cc2ccc(OCC(O)CN(C)C(C)C)c(OC)c2)CC1. The van der Waals surface area contributed by atoms with E-state index in [1.54, 1.807) is 7.11 Å². The van der Waals surface area contributed by atoms with E-state index >= 15 is 0 Å². The Balaban J connectivity index is 1.86. The molecule has 1 aliphatic heterocycles. The number of rotatable bonds is 11. The number of likely N-dealkylation sites (N-methyl/N-ethyl adjacent to an activating group) is 1. The molecule has 1 aromatic rings. The number of benzene rings is 1. The van der Waals surface area contributed by atoms with Crippen molar-refractivity contribution in [2.75, 3.05) is 60.0 Å². The van der Waals surface area contributed by atoms with Gasteiger partial charge in [-0.05, 0) is 51.6 Å². The molecule has 1 atom stereocenters. The summed E-state index contributed by atoms with van der Waals surface area (Å²) in [6, 6.07) is 6.51. The molecule has 6 heteroatoms. The predicted molar refractivity (Wildman–Crippen MR) is 114 cm³/mol. The summed E-state index contributed by atoms with van der Waals surface area (Å²) in [4.78, 5) is 7.14. The maximum absolute atomic E-state index is 10.2.